The lowest BCUT2D eigenvalue weighted by molar-refractivity contribution is 0.420. The van der Waals surface area contributed by atoms with Crippen molar-refractivity contribution >= 4 is 0 Å². The zero-order valence-electron chi connectivity index (χ0n) is 12.3. The van der Waals surface area contributed by atoms with Crippen LogP contribution in [0.1, 0.15) is 50.2 Å². The first-order valence-corrected chi connectivity index (χ1v) is 7.50. The van der Waals surface area contributed by atoms with Gasteiger partial charge >= 0.3 is 0 Å². The minimum atomic E-state index is 0.797. The predicted octanol–water partition coefficient (Wildman–Crippen LogP) is 5.96. The van der Waals surface area contributed by atoms with E-state index in [9.17, 15) is 0 Å². The first kappa shape index (κ1) is 13.9. The van der Waals surface area contributed by atoms with E-state index < -0.39 is 0 Å². The number of aryl methyl sites for hydroxylation is 1. The SMILES string of the molecule is CC.Cc1ccc(C2CCC2)c(-c2ccccc2)c1. The second-order valence-corrected chi connectivity index (χ2v) is 5.08. The van der Waals surface area contributed by atoms with Crippen LogP contribution in [0.5, 0.6) is 0 Å². The monoisotopic (exact) mass is 252 g/mol. The van der Waals surface area contributed by atoms with Gasteiger partial charge in [-0.3, -0.25) is 0 Å². The van der Waals surface area contributed by atoms with Crippen molar-refractivity contribution in [1.82, 2.24) is 0 Å². The van der Waals surface area contributed by atoms with Gasteiger partial charge in [0.25, 0.3) is 0 Å². The summed E-state index contributed by atoms with van der Waals surface area (Å²) in [5, 5.41) is 0. The summed E-state index contributed by atoms with van der Waals surface area (Å²) in [6.07, 6.45) is 4.12. The summed E-state index contributed by atoms with van der Waals surface area (Å²) in [5.74, 6) is 0.797. The van der Waals surface area contributed by atoms with Crippen LogP contribution in [0.15, 0.2) is 48.5 Å². The molecular weight excluding hydrogens is 228 g/mol. The molecule has 0 radical (unpaired) electrons. The van der Waals surface area contributed by atoms with E-state index in [-0.39, 0.29) is 0 Å². The van der Waals surface area contributed by atoms with E-state index in [2.05, 4.69) is 55.5 Å². The van der Waals surface area contributed by atoms with E-state index in [0.29, 0.717) is 0 Å². The zero-order chi connectivity index (χ0) is 13.7. The molecule has 2 aromatic carbocycles. The lowest BCUT2D eigenvalue weighted by atomic mass is 9.77. The van der Waals surface area contributed by atoms with Gasteiger partial charge in [-0.1, -0.05) is 74.4 Å². The fourth-order valence-corrected chi connectivity index (χ4v) is 2.61. The fraction of sp³-hybridized carbons (Fsp3) is 0.368. The topological polar surface area (TPSA) is 0 Å². The molecule has 0 heterocycles. The molecule has 1 aliphatic rings. The molecule has 0 amide bonds. The molecule has 0 aromatic heterocycles. The van der Waals surface area contributed by atoms with Gasteiger partial charge in [-0.2, -0.15) is 0 Å². The normalized spacial score (nSPS) is 14.3. The van der Waals surface area contributed by atoms with Crippen LogP contribution in [0.3, 0.4) is 0 Å². The van der Waals surface area contributed by atoms with Crippen molar-refractivity contribution < 1.29 is 0 Å². The highest BCUT2D eigenvalue weighted by Crippen LogP contribution is 2.41. The quantitative estimate of drug-likeness (QED) is 0.619. The Labute approximate surface area is 117 Å². The third kappa shape index (κ3) is 3.07. The highest BCUT2D eigenvalue weighted by molar-refractivity contribution is 5.69. The second-order valence-electron chi connectivity index (χ2n) is 5.08. The van der Waals surface area contributed by atoms with E-state index in [1.165, 1.54) is 36.0 Å². The summed E-state index contributed by atoms with van der Waals surface area (Å²) >= 11 is 0. The summed E-state index contributed by atoms with van der Waals surface area (Å²) < 4.78 is 0. The zero-order valence-corrected chi connectivity index (χ0v) is 12.3. The van der Waals surface area contributed by atoms with E-state index in [1.54, 1.807) is 5.56 Å². The van der Waals surface area contributed by atoms with Gasteiger partial charge in [0.15, 0.2) is 0 Å². The first-order chi connectivity index (χ1) is 9.34. The molecule has 0 bridgehead atoms. The lowest BCUT2D eigenvalue weighted by Crippen LogP contribution is -2.10. The maximum Gasteiger partial charge on any atom is -0.0146 e. The van der Waals surface area contributed by atoms with Crippen LogP contribution in [-0.2, 0) is 0 Å². The van der Waals surface area contributed by atoms with Crippen molar-refractivity contribution in [3.8, 4) is 11.1 Å². The van der Waals surface area contributed by atoms with Crippen LogP contribution in [-0.4, -0.2) is 0 Å². The Bertz CT molecular complexity index is 507. The summed E-state index contributed by atoms with van der Waals surface area (Å²) in [6.45, 7) is 6.18. The van der Waals surface area contributed by atoms with Crippen LogP contribution in [0.25, 0.3) is 11.1 Å². The number of rotatable bonds is 2. The van der Waals surface area contributed by atoms with Crippen LogP contribution < -0.4 is 0 Å². The minimum absolute atomic E-state index is 0.797. The Kier molecular flexibility index (Phi) is 4.79. The molecule has 1 fully saturated rings. The molecule has 0 spiro atoms. The molecule has 0 atom stereocenters. The maximum absolute atomic E-state index is 2.34. The molecule has 0 saturated heterocycles. The van der Waals surface area contributed by atoms with Gasteiger partial charge in [-0.25, -0.2) is 0 Å². The van der Waals surface area contributed by atoms with Gasteiger partial charge in [0.2, 0.25) is 0 Å². The van der Waals surface area contributed by atoms with Gasteiger partial charge in [0, 0.05) is 0 Å². The highest BCUT2D eigenvalue weighted by Gasteiger charge is 2.22. The molecular formula is C19H24. The van der Waals surface area contributed by atoms with Crippen molar-refractivity contribution in [2.75, 3.05) is 0 Å². The molecule has 3 rings (SSSR count). The molecule has 1 saturated carbocycles. The summed E-state index contributed by atoms with van der Waals surface area (Å²) in [7, 11) is 0. The molecule has 2 aromatic rings. The van der Waals surface area contributed by atoms with Gasteiger partial charge in [0.05, 0.1) is 0 Å². The van der Waals surface area contributed by atoms with Crippen LogP contribution in [0, 0.1) is 6.92 Å². The minimum Gasteiger partial charge on any atom is -0.0683 e. The van der Waals surface area contributed by atoms with Crippen molar-refractivity contribution in [1.29, 1.82) is 0 Å². The Balaban J connectivity index is 0.000000637. The summed E-state index contributed by atoms with van der Waals surface area (Å²) in [4.78, 5) is 0. The van der Waals surface area contributed by atoms with E-state index >= 15 is 0 Å². The largest absolute Gasteiger partial charge is 0.0683 e. The van der Waals surface area contributed by atoms with Crippen LogP contribution in [0.2, 0.25) is 0 Å². The third-order valence-electron chi connectivity index (χ3n) is 3.84. The fourth-order valence-electron chi connectivity index (χ4n) is 2.61. The van der Waals surface area contributed by atoms with Crippen molar-refractivity contribution in [3.05, 3.63) is 59.7 Å². The van der Waals surface area contributed by atoms with Crippen molar-refractivity contribution in [3.63, 3.8) is 0 Å². The highest BCUT2D eigenvalue weighted by atomic mass is 14.3. The van der Waals surface area contributed by atoms with Crippen molar-refractivity contribution in [2.45, 2.75) is 46.0 Å². The smallest absolute Gasteiger partial charge is 0.0146 e. The lowest BCUT2D eigenvalue weighted by Gasteiger charge is -2.28. The molecule has 100 valence electrons. The maximum atomic E-state index is 2.34. The van der Waals surface area contributed by atoms with Gasteiger partial charge in [-0.05, 0) is 42.4 Å². The van der Waals surface area contributed by atoms with Crippen molar-refractivity contribution in [2.24, 2.45) is 0 Å². The van der Waals surface area contributed by atoms with E-state index in [0.717, 1.165) is 5.92 Å². The second kappa shape index (κ2) is 6.56. The standard InChI is InChI=1S/C17H18.C2H6/c1-13-10-11-16(14-8-5-9-14)17(12-13)15-6-3-2-4-7-15;1-2/h2-4,6-7,10-12,14H,5,8-9H2,1H3;1-2H3. The van der Waals surface area contributed by atoms with Crippen LogP contribution in [0.4, 0.5) is 0 Å². The summed E-state index contributed by atoms with van der Waals surface area (Å²) in [6, 6.07) is 17.7. The van der Waals surface area contributed by atoms with Gasteiger partial charge in [-0.15, -0.1) is 0 Å². The number of hydrogen-bond donors (Lipinski definition) is 0. The van der Waals surface area contributed by atoms with E-state index in [4.69, 9.17) is 0 Å². The first-order valence-electron chi connectivity index (χ1n) is 7.50. The average Bonchev–Trinajstić information content (AvgIpc) is 2.42. The number of benzene rings is 2. The average molecular weight is 252 g/mol. The molecule has 1 aliphatic carbocycles. The molecule has 0 nitrogen and oxygen atoms in total. The Morgan fingerprint density at radius 3 is 2.16 bits per heavy atom. The molecule has 0 N–H and O–H groups in total. The third-order valence-corrected chi connectivity index (χ3v) is 3.84. The number of hydrogen-bond acceptors (Lipinski definition) is 0. The van der Waals surface area contributed by atoms with Gasteiger partial charge < -0.3 is 0 Å². The Morgan fingerprint density at radius 1 is 0.895 bits per heavy atom. The Morgan fingerprint density at radius 2 is 1.58 bits per heavy atom. The Hall–Kier alpha value is -1.56. The molecule has 0 aliphatic heterocycles. The summed E-state index contributed by atoms with van der Waals surface area (Å²) in [5.41, 5.74) is 5.70. The van der Waals surface area contributed by atoms with E-state index in [1.807, 2.05) is 13.8 Å². The molecule has 0 unspecified atom stereocenters. The predicted molar refractivity (Wildman–Crippen MR) is 84.6 cm³/mol. The molecule has 19 heavy (non-hydrogen) atoms. The van der Waals surface area contributed by atoms with Gasteiger partial charge in [0.1, 0.15) is 0 Å². The van der Waals surface area contributed by atoms with Crippen LogP contribution >= 0.6 is 0 Å². The molecule has 0 heteroatoms.